The van der Waals surface area contributed by atoms with Crippen LogP contribution in [0.25, 0.3) is 0 Å². The molecule has 2 nitrogen and oxygen atoms in total. The number of halogens is 1. The number of aromatic nitrogens is 1. The van der Waals surface area contributed by atoms with Crippen molar-refractivity contribution in [3.63, 3.8) is 0 Å². The number of hydrogen-bond donors (Lipinski definition) is 0. The molecule has 0 bridgehead atoms. The molecule has 0 saturated heterocycles. The predicted molar refractivity (Wildman–Crippen MR) is 60.0 cm³/mol. The third kappa shape index (κ3) is 2.96. The highest BCUT2D eigenvalue weighted by Gasteiger charge is 1.96. The van der Waals surface area contributed by atoms with Gasteiger partial charge in [-0.1, -0.05) is 29.8 Å². The molecule has 0 N–H and O–H groups in total. The Balaban J connectivity index is 1.99. The minimum atomic E-state index is 0.484. The summed E-state index contributed by atoms with van der Waals surface area (Å²) in [4.78, 5) is 4.06. The summed E-state index contributed by atoms with van der Waals surface area (Å²) in [5.41, 5.74) is 1.04. The molecule has 15 heavy (non-hydrogen) atoms. The molecule has 0 unspecified atom stereocenters. The molecule has 1 aromatic carbocycles. The third-order valence-corrected chi connectivity index (χ3v) is 2.15. The normalized spacial score (nSPS) is 9.93. The molecule has 0 atom stereocenters. The molecule has 1 heterocycles. The highest BCUT2D eigenvalue weighted by molar-refractivity contribution is 6.30. The molecule has 0 saturated carbocycles. The lowest BCUT2D eigenvalue weighted by atomic mass is 10.2. The smallest absolute Gasteiger partial charge is 0.213 e. The Morgan fingerprint density at radius 3 is 2.80 bits per heavy atom. The lowest BCUT2D eigenvalue weighted by Crippen LogP contribution is -1.96. The summed E-state index contributed by atoms with van der Waals surface area (Å²) in [5.74, 6) is 0.623. The van der Waals surface area contributed by atoms with Crippen molar-refractivity contribution in [1.82, 2.24) is 4.98 Å². The quantitative estimate of drug-likeness (QED) is 0.790. The van der Waals surface area contributed by atoms with E-state index in [2.05, 4.69) is 4.98 Å². The molecule has 0 aliphatic rings. The number of nitrogens with zero attached hydrogens (tertiary/aromatic N) is 1. The molecule has 0 amide bonds. The Hall–Kier alpha value is -1.54. The zero-order chi connectivity index (χ0) is 10.5. The lowest BCUT2D eigenvalue weighted by Gasteiger charge is -2.04. The molecule has 0 fully saturated rings. The first-order chi connectivity index (χ1) is 7.34. The number of hydrogen-bond acceptors (Lipinski definition) is 2. The second-order valence-corrected chi connectivity index (χ2v) is 3.52. The van der Waals surface area contributed by atoms with Gasteiger partial charge in [-0.2, -0.15) is 0 Å². The van der Waals surface area contributed by atoms with Gasteiger partial charge in [0.25, 0.3) is 0 Å². The van der Waals surface area contributed by atoms with E-state index < -0.39 is 0 Å². The van der Waals surface area contributed by atoms with Crippen LogP contribution in [0.4, 0.5) is 0 Å². The standard InChI is InChI=1S/C12H10ClNO/c13-11-5-3-4-10(8-11)9-15-12-6-1-2-7-14-12/h1-8H,9H2. The average molecular weight is 220 g/mol. The van der Waals surface area contributed by atoms with Crippen molar-refractivity contribution < 1.29 is 4.74 Å². The zero-order valence-corrected chi connectivity index (χ0v) is 8.82. The Morgan fingerprint density at radius 2 is 2.07 bits per heavy atom. The van der Waals surface area contributed by atoms with Gasteiger partial charge in [0.1, 0.15) is 6.61 Å². The SMILES string of the molecule is Clc1cccc(COc2ccccn2)c1. The maximum atomic E-state index is 5.86. The van der Waals surface area contributed by atoms with E-state index in [1.54, 1.807) is 6.20 Å². The van der Waals surface area contributed by atoms with Crippen LogP contribution >= 0.6 is 11.6 Å². The summed E-state index contributed by atoms with van der Waals surface area (Å²) in [6.45, 7) is 0.484. The van der Waals surface area contributed by atoms with Gasteiger partial charge in [-0.05, 0) is 23.8 Å². The fraction of sp³-hybridized carbons (Fsp3) is 0.0833. The van der Waals surface area contributed by atoms with Gasteiger partial charge in [-0.25, -0.2) is 4.98 Å². The lowest BCUT2D eigenvalue weighted by molar-refractivity contribution is 0.294. The van der Waals surface area contributed by atoms with Gasteiger partial charge in [0.05, 0.1) is 0 Å². The predicted octanol–water partition coefficient (Wildman–Crippen LogP) is 3.31. The Bertz CT molecular complexity index is 431. The van der Waals surface area contributed by atoms with Crippen molar-refractivity contribution in [1.29, 1.82) is 0 Å². The number of pyridine rings is 1. The molecular weight excluding hydrogens is 210 g/mol. The van der Waals surface area contributed by atoms with Crippen LogP contribution in [-0.2, 0) is 6.61 Å². The van der Waals surface area contributed by atoms with E-state index in [0.717, 1.165) is 10.6 Å². The minimum absolute atomic E-state index is 0.484. The Kier molecular flexibility index (Phi) is 3.20. The molecule has 2 aromatic rings. The second kappa shape index (κ2) is 4.80. The molecule has 0 aliphatic carbocycles. The van der Waals surface area contributed by atoms with E-state index in [0.29, 0.717) is 12.5 Å². The van der Waals surface area contributed by atoms with E-state index in [4.69, 9.17) is 16.3 Å². The van der Waals surface area contributed by atoms with Gasteiger partial charge in [0, 0.05) is 17.3 Å². The monoisotopic (exact) mass is 219 g/mol. The van der Waals surface area contributed by atoms with Gasteiger partial charge >= 0.3 is 0 Å². The number of ether oxygens (including phenoxy) is 1. The van der Waals surface area contributed by atoms with Gasteiger partial charge in [-0.15, -0.1) is 0 Å². The zero-order valence-electron chi connectivity index (χ0n) is 8.06. The summed E-state index contributed by atoms with van der Waals surface area (Å²) in [5, 5.41) is 0.720. The third-order valence-electron chi connectivity index (χ3n) is 1.91. The highest BCUT2D eigenvalue weighted by atomic mass is 35.5. The van der Waals surface area contributed by atoms with Crippen LogP contribution in [0.15, 0.2) is 48.7 Å². The number of benzene rings is 1. The molecule has 1 aromatic heterocycles. The summed E-state index contributed by atoms with van der Waals surface area (Å²) in [6.07, 6.45) is 1.70. The average Bonchev–Trinajstić information content (AvgIpc) is 2.28. The van der Waals surface area contributed by atoms with Crippen LogP contribution in [0.2, 0.25) is 5.02 Å². The fourth-order valence-corrected chi connectivity index (χ4v) is 1.43. The summed E-state index contributed by atoms with van der Waals surface area (Å²) in [6, 6.07) is 13.2. The van der Waals surface area contributed by atoms with E-state index in [1.807, 2.05) is 42.5 Å². The maximum absolute atomic E-state index is 5.86. The number of rotatable bonds is 3. The largest absolute Gasteiger partial charge is 0.473 e. The maximum Gasteiger partial charge on any atom is 0.213 e. The first-order valence-electron chi connectivity index (χ1n) is 4.63. The molecule has 3 heteroatoms. The first-order valence-corrected chi connectivity index (χ1v) is 5.01. The van der Waals surface area contributed by atoms with E-state index in [1.165, 1.54) is 0 Å². The van der Waals surface area contributed by atoms with Crippen LogP contribution in [0, 0.1) is 0 Å². The van der Waals surface area contributed by atoms with Crippen LogP contribution in [0.5, 0.6) is 5.88 Å². The summed E-state index contributed by atoms with van der Waals surface area (Å²) < 4.78 is 5.48. The van der Waals surface area contributed by atoms with Crippen LogP contribution < -0.4 is 4.74 Å². The molecule has 0 radical (unpaired) electrons. The fourth-order valence-electron chi connectivity index (χ4n) is 1.22. The van der Waals surface area contributed by atoms with Gasteiger partial charge in [0.2, 0.25) is 5.88 Å². The molecular formula is C12H10ClNO. The Morgan fingerprint density at radius 1 is 1.13 bits per heavy atom. The van der Waals surface area contributed by atoms with E-state index in [9.17, 15) is 0 Å². The van der Waals surface area contributed by atoms with Crippen molar-refractivity contribution in [3.05, 3.63) is 59.2 Å². The summed E-state index contributed by atoms with van der Waals surface area (Å²) >= 11 is 5.86. The van der Waals surface area contributed by atoms with Crippen LogP contribution in [0.1, 0.15) is 5.56 Å². The highest BCUT2D eigenvalue weighted by Crippen LogP contribution is 2.13. The first kappa shape index (κ1) is 9.99. The molecule has 2 rings (SSSR count). The molecule has 0 aliphatic heterocycles. The van der Waals surface area contributed by atoms with Gasteiger partial charge in [0.15, 0.2) is 0 Å². The molecule has 0 spiro atoms. The van der Waals surface area contributed by atoms with Crippen molar-refractivity contribution in [2.45, 2.75) is 6.61 Å². The Labute approximate surface area is 93.5 Å². The topological polar surface area (TPSA) is 22.1 Å². The van der Waals surface area contributed by atoms with Crippen LogP contribution in [0.3, 0.4) is 0 Å². The van der Waals surface area contributed by atoms with Crippen molar-refractivity contribution in [3.8, 4) is 5.88 Å². The van der Waals surface area contributed by atoms with E-state index >= 15 is 0 Å². The van der Waals surface area contributed by atoms with Crippen molar-refractivity contribution in [2.75, 3.05) is 0 Å². The summed E-state index contributed by atoms with van der Waals surface area (Å²) in [7, 11) is 0. The molecule has 76 valence electrons. The van der Waals surface area contributed by atoms with Gasteiger partial charge < -0.3 is 4.74 Å². The second-order valence-electron chi connectivity index (χ2n) is 3.09. The van der Waals surface area contributed by atoms with Crippen molar-refractivity contribution in [2.24, 2.45) is 0 Å². The van der Waals surface area contributed by atoms with E-state index in [-0.39, 0.29) is 0 Å². The van der Waals surface area contributed by atoms with Gasteiger partial charge in [-0.3, -0.25) is 0 Å². The van der Waals surface area contributed by atoms with Crippen molar-refractivity contribution >= 4 is 11.6 Å². The minimum Gasteiger partial charge on any atom is -0.473 e. The van der Waals surface area contributed by atoms with Crippen LogP contribution in [-0.4, -0.2) is 4.98 Å².